The summed E-state index contributed by atoms with van der Waals surface area (Å²) in [5.41, 5.74) is 2.10. The summed E-state index contributed by atoms with van der Waals surface area (Å²) in [6, 6.07) is 14.7. The van der Waals surface area contributed by atoms with Gasteiger partial charge < -0.3 is 10.2 Å². The van der Waals surface area contributed by atoms with Crippen LogP contribution in [0.15, 0.2) is 65.7 Å². The fourth-order valence-electron chi connectivity index (χ4n) is 4.28. The molecule has 1 atom stereocenters. The van der Waals surface area contributed by atoms with E-state index in [-0.39, 0.29) is 35.7 Å². The molecule has 3 aromatic rings. The quantitative estimate of drug-likeness (QED) is 0.606. The lowest BCUT2D eigenvalue weighted by molar-refractivity contribution is -0.130. The van der Waals surface area contributed by atoms with Crippen LogP contribution in [0.2, 0.25) is 0 Å². The zero-order valence-electron chi connectivity index (χ0n) is 18.7. The Morgan fingerprint density at radius 1 is 1.15 bits per heavy atom. The Labute approximate surface area is 192 Å². The number of nitrogens with zero attached hydrogens (tertiary/aromatic N) is 3. The van der Waals surface area contributed by atoms with Gasteiger partial charge in [0.15, 0.2) is 0 Å². The third-order valence-electron chi connectivity index (χ3n) is 5.91. The minimum Gasteiger partial charge on any atom is -0.353 e. The van der Waals surface area contributed by atoms with E-state index >= 15 is 0 Å². The van der Waals surface area contributed by atoms with E-state index in [1.807, 2.05) is 50.4 Å². The van der Waals surface area contributed by atoms with Gasteiger partial charge in [0, 0.05) is 37.6 Å². The first-order chi connectivity index (χ1) is 15.9. The molecule has 3 heterocycles. The second kappa shape index (κ2) is 9.36. The fourth-order valence-corrected chi connectivity index (χ4v) is 4.28. The first-order valence-corrected chi connectivity index (χ1v) is 11.0. The van der Waals surface area contributed by atoms with Gasteiger partial charge in [0.05, 0.1) is 5.41 Å². The Kier molecular flexibility index (Phi) is 6.35. The van der Waals surface area contributed by atoms with E-state index in [0.717, 1.165) is 16.7 Å². The number of nitrogens with one attached hydrogen (secondary N) is 2. The summed E-state index contributed by atoms with van der Waals surface area (Å²) in [5, 5.41) is 9.20. The van der Waals surface area contributed by atoms with Crippen LogP contribution < -0.4 is 10.9 Å². The highest BCUT2D eigenvalue weighted by molar-refractivity contribution is 5.93. The van der Waals surface area contributed by atoms with Gasteiger partial charge in [-0.25, -0.2) is 5.10 Å². The largest absolute Gasteiger partial charge is 0.353 e. The Hall–Kier alpha value is -3.81. The number of aromatic amines is 1. The van der Waals surface area contributed by atoms with Crippen LogP contribution in [0.5, 0.6) is 0 Å². The summed E-state index contributed by atoms with van der Waals surface area (Å²) < 4.78 is 0. The van der Waals surface area contributed by atoms with Gasteiger partial charge in [0.25, 0.3) is 11.5 Å². The van der Waals surface area contributed by atoms with Crippen LogP contribution in [0.25, 0.3) is 11.1 Å². The van der Waals surface area contributed by atoms with Gasteiger partial charge in [-0.1, -0.05) is 30.3 Å². The number of hydrogen-bond donors (Lipinski definition) is 2. The van der Waals surface area contributed by atoms with Gasteiger partial charge in [-0.2, -0.15) is 5.10 Å². The van der Waals surface area contributed by atoms with Crippen molar-refractivity contribution in [2.24, 2.45) is 5.41 Å². The molecule has 33 heavy (non-hydrogen) atoms. The summed E-state index contributed by atoms with van der Waals surface area (Å²) in [4.78, 5) is 43.5. The van der Waals surface area contributed by atoms with Crippen molar-refractivity contribution in [3.63, 3.8) is 0 Å². The Bertz CT molecular complexity index is 1190. The number of hydrogen-bond acceptors (Lipinski definition) is 5. The number of likely N-dealkylation sites (tertiary alicyclic amines) is 1. The normalized spacial score (nSPS) is 17.8. The number of aromatic nitrogens is 3. The smallest absolute Gasteiger partial charge is 0.274 e. The van der Waals surface area contributed by atoms with Gasteiger partial charge >= 0.3 is 0 Å². The van der Waals surface area contributed by atoms with E-state index in [9.17, 15) is 14.4 Å². The van der Waals surface area contributed by atoms with Crippen molar-refractivity contribution in [2.75, 3.05) is 13.1 Å². The highest BCUT2D eigenvalue weighted by Crippen LogP contribution is 2.36. The van der Waals surface area contributed by atoms with Crippen LogP contribution in [0, 0.1) is 5.41 Å². The zero-order chi connectivity index (χ0) is 23.4. The van der Waals surface area contributed by atoms with Gasteiger partial charge in [-0.05, 0) is 55.5 Å². The van der Waals surface area contributed by atoms with Gasteiger partial charge in [-0.3, -0.25) is 19.4 Å². The van der Waals surface area contributed by atoms with Gasteiger partial charge in [-0.15, -0.1) is 0 Å². The average molecular weight is 446 g/mol. The summed E-state index contributed by atoms with van der Waals surface area (Å²) in [6.07, 6.45) is 4.59. The maximum absolute atomic E-state index is 13.4. The van der Waals surface area contributed by atoms with Crippen molar-refractivity contribution < 1.29 is 9.59 Å². The minimum atomic E-state index is -0.754. The molecule has 2 aromatic heterocycles. The third-order valence-corrected chi connectivity index (χ3v) is 5.91. The number of pyridine rings is 1. The zero-order valence-corrected chi connectivity index (χ0v) is 18.7. The van der Waals surface area contributed by atoms with E-state index in [0.29, 0.717) is 19.4 Å². The molecule has 8 nitrogen and oxygen atoms in total. The van der Waals surface area contributed by atoms with Crippen molar-refractivity contribution in [3.8, 4) is 11.1 Å². The maximum atomic E-state index is 13.4. The van der Waals surface area contributed by atoms with E-state index in [4.69, 9.17) is 0 Å². The molecule has 0 spiro atoms. The number of benzene rings is 1. The number of rotatable bonds is 6. The molecule has 1 aromatic carbocycles. The summed E-state index contributed by atoms with van der Waals surface area (Å²) in [6.45, 7) is 4.57. The van der Waals surface area contributed by atoms with Crippen molar-refractivity contribution in [3.05, 3.63) is 82.5 Å². The second-order valence-corrected chi connectivity index (χ2v) is 8.81. The lowest BCUT2D eigenvalue weighted by Gasteiger charge is -2.29. The molecule has 0 unspecified atom stereocenters. The predicted octanol–water partition coefficient (Wildman–Crippen LogP) is 2.43. The molecule has 1 saturated heterocycles. The Balaban J connectivity index is 1.61. The lowest BCUT2D eigenvalue weighted by atomic mass is 9.79. The second-order valence-electron chi connectivity index (χ2n) is 8.81. The molecule has 1 fully saturated rings. The summed E-state index contributed by atoms with van der Waals surface area (Å²) in [5.74, 6) is -0.358. The van der Waals surface area contributed by atoms with E-state index in [1.165, 1.54) is 12.1 Å². The fraction of sp³-hybridized carbons (Fsp3) is 0.320. The predicted molar refractivity (Wildman–Crippen MR) is 124 cm³/mol. The van der Waals surface area contributed by atoms with E-state index < -0.39 is 5.41 Å². The maximum Gasteiger partial charge on any atom is 0.274 e. The van der Waals surface area contributed by atoms with Crippen LogP contribution in [-0.2, 0) is 11.2 Å². The number of H-pyrrole nitrogens is 1. The molecule has 2 amide bonds. The molecular weight excluding hydrogens is 418 g/mol. The molecule has 170 valence electrons. The summed E-state index contributed by atoms with van der Waals surface area (Å²) >= 11 is 0. The van der Waals surface area contributed by atoms with Crippen LogP contribution >= 0.6 is 0 Å². The van der Waals surface area contributed by atoms with Crippen molar-refractivity contribution in [1.29, 1.82) is 0 Å². The molecule has 0 bridgehead atoms. The van der Waals surface area contributed by atoms with Crippen molar-refractivity contribution >= 4 is 11.8 Å². The first kappa shape index (κ1) is 22.4. The molecule has 8 heteroatoms. The minimum absolute atomic E-state index is 0.0123. The third kappa shape index (κ3) is 5.00. The molecule has 0 aliphatic carbocycles. The van der Waals surface area contributed by atoms with Crippen molar-refractivity contribution in [2.45, 2.75) is 32.7 Å². The number of amides is 2. The van der Waals surface area contributed by atoms with Crippen molar-refractivity contribution in [1.82, 2.24) is 25.4 Å². The topological polar surface area (TPSA) is 108 Å². The van der Waals surface area contributed by atoms with Gasteiger partial charge in [0.1, 0.15) is 5.69 Å². The van der Waals surface area contributed by atoms with Crippen LogP contribution in [0.3, 0.4) is 0 Å². The summed E-state index contributed by atoms with van der Waals surface area (Å²) in [7, 11) is 0. The Morgan fingerprint density at radius 2 is 1.97 bits per heavy atom. The average Bonchev–Trinajstić information content (AvgIpc) is 3.25. The first-order valence-electron chi connectivity index (χ1n) is 11.0. The molecular formula is C25H27N5O3. The van der Waals surface area contributed by atoms with Crippen LogP contribution in [0.4, 0.5) is 0 Å². The molecule has 1 aliphatic heterocycles. The highest BCUT2D eigenvalue weighted by atomic mass is 16.2. The Morgan fingerprint density at radius 3 is 2.67 bits per heavy atom. The van der Waals surface area contributed by atoms with Gasteiger partial charge in [0.2, 0.25) is 5.91 Å². The molecule has 0 saturated carbocycles. The molecule has 0 radical (unpaired) electrons. The molecule has 2 N–H and O–H groups in total. The van der Waals surface area contributed by atoms with Crippen LogP contribution in [0.1, 0.15) is 36.3 Å². The molecule has 4 rings (SSSR count). The monoisotopic (exact) mass is 445 g/mol. The van der Waals surface area contributed by atoms with Crippen LogP contribution in [-0.4, -0.2) is 51.0 Å². The number of carbonyl (C=O) groups is 2. The van der Waals surface area contributed by atoms with E-state index in [2.05, 4.69) is 26.6 Å². The van der Waals surface area contributed by atoms with E-state index in [1.54, 1.807) is 11.1 Å². The highest BCUT2D eigenvalue weighted by Gasteiger charge is 2.46. The molecule has 1 aliphatic rings. The number of carbonyl (C=O) groups excluding carboxylic acids is 2. The lowest BCUT2D eigenvalue weighted by Crippen LogP contribution is -2.47. The SMILES string of the molecule is CC(C)NC(=O)[C@]1(Cc2cccc(-c3cccnc3)c2)CCN(C(=O)c2ccc(=O)[nH]n2)C1. The standard InChI is InChI=1S/C25H27N5O3/c1-17(2)27-24(33)25(10-12-30(16-25)23(32)21-8-9-22(31)29-28-21)14-18-5-3-6-19(13-18)20-7-4-11-26-15-20/h3-9,11,13,15,17H,10,12,14,16H2,1-2H3,(H,27,33)(H,29,31)/t25-/m0/s1.